The lowest BCUT2D eigenvalue weighted by Crippen LogP contribution is -1.85. The van der Waals surface area contributed by atoms with Crippen molar-refractivity contribution >= 4 is 28.6 Å². The summed E-state index contributed by atoms with van der Waals surface area (Å²) in [6.07, 6.45) is -1.95. The van der Waals surface area contributed by atoms with Crippen molar-refractivity contribution in [3.05, 3.63) is 23.9 Å². The molecule has 0 bridgehead atoms. The Morgan fingerprint density at radius 1 is 1.50 bits per heavy atom. The summed E-state index contributed by atoms with van der Waals surface area (Å²) in [5.74, 6) is 0.161. The third-order valence-electron chi connectivity index (χ3n) is 1.08. The minimum atomic E-state index is -3.52. The second-order valence-electron chi connectivity index (χ2n) is 2.18. The van der Waals surface area contributed by atoms with Crippen LogP contribution in [0.3, 0.4) is 0 Å². The van der Waals surface area contributed by atoms with Gasteiger partial charge in [-0.25, -0.2) is 9.55 Å². The van der Waals surface area contributed by atoms with Crippen molar-refractivity contribution < 1.29 is 9.09 Å². The van der Waals surface area contributed by atoms with Crippen molar-refractivity contribution in [1.82, 2.24) is 4.98 Å². The fourth-order valence-corrected chi connectivity index (χ4v) is 1.37. The highest BCUT2D eigenvalue weighted by atomic mass is 35.9. The Morgan fingerprint density at radius 3 is 2.58 bits per heavy atom. The number of aromatic nitrogens is 1. The lowest BCUT2D eigenvalue weighted by Gasteiger charge is -2.03. The van der Waals surface area contributed by atoms with Crippen molar-refractivity contribution in [2.24, 2.45) is 0 Å². The molecule has 12 heavy (non-hydrogen) atoms. The fourth-order valence-electron chi connectivity index (χ4n) is 0.617. The van der Waals surface area contributed by atoms with Crippen molar-refractivity contribution in [3.8, 4) is 5.88 Å². The zero-order valence-corrected chi connectivity index (χ0v) is 8.61. The molecule has 0 fully saturated rings. The minimum Gasteiger partial charge on any atom is -0.404 e. The first kappa shape index (κ1) is 9.85. The predicted octanol–water partition coefficient (Wildman–Crippen LogP) is 3.35. The van der Waals surface area contributed by atoms with E-state index in [0.29, 0.717) is 0 Å². The molecule has 0 saturated heterocycles. The maximum atomic E-state index is 10.7. The van der Waals surface area contributed by atoms with Crippen LogP contribution in [0.4, 0.5) is 0 Å². The summed E-state index contributed by atoms with van der Waals surface area (Å²) in [5.41, 5.74) is 0.973. The van der Waals surface area contributed by atoms with Gasteiger partial charge in [-0.15, -0.1) is 0 Å². The topological polar surface area (TPSA) is 39.2 Å². The van der Waals surface area contributed by atoms with E-state index in [4.69, 9.17) is 22.5 Å². The molecule has 0 N–H and O–H groups in total. The Kier molecular flexibility index (Phi) is 2.99. The van der Waals surface area contributed by atoms with Crippen molar-refractivity contribution in [3.63, 3.8) is 0 Å². The van der Waals surface area contributed by atoms with Crippen LogP contribution in [0, 0.1) is 6.92 Å². The van der Waals surface area contributed by atoms with E-state index in [1.165, 1.54) is 0 Å². The second-order valence-corrected chi connectivity index (χ2v) is 6.38. The second kappa shape index (κ2) is 3.65. The van der Waals surface area contributed by atoms with E-state index >= 15 is 0 Å². The zero-order valence-electron chi connectivity index (χ0n) is 6.20. The van der Waals surface area contributed by atoms with E-state index in [9.17, 15) is 4.57 Å². The molecule has 66 valence electrons. The van der Waals surface area contributed by atoms with Gasteiger partial charge in [-0.1, -0.05) is 6.07 Å². The molecule has 0 atom stereocenters. The van der Waals surface area contributed by atoms with Crippen LogP contribution in [0.25, 0.3) is 0 Å². The number of halogens is 2. The summed E-state index contributed by atoms with van der Waals surface area (Å²) in [6.45, 7) is 1.87. The third-order valence-corrected chi connectivity index (χ3v) is 1.90. The molecule has 0 aliphatic rings. The van der Waals surface area contributed by atoms with Crippen LogP contribution in [0.2, 0.25) is 0 Å². The van der Waals surface area contributed by atoms with Crippen LogP contribution in [0.15, 0.2) is 18.3 Å². The zero-order chi connectivity index (χ0) is 9.19. The average Bonchev–Trinajstić information content (AvgIpc) is 1.91. The molecule has 0 aromatic carbocycles. The van der Waals surface area contributed by atoms with Crippen LogP contribution in [0.1, 0.15) is 5.56 Å². The molecule has 0 aliphatic heterocycles. The highest BCUT2D eigenvalue weighted by Crippen LogP contribution is 2.56. The Balaban J connectivity index is 2.78. The molecular formula is C6H6Cl2NO2P. The molecule has 1 aromatic rings. The summed E-state index contributed by atoms with van der Waals surface area (Å²) in [6, 6.07) is 3.30. The number of hydrogen-bond acceptors (Lipinski definition) is 3. The van der Waals surface area contributed by atoms with Gasteiger partial charge in [-0.3, -0.25) is 0 Å². The van der Waals surface area contributed by atoms with Crippen LogP contribution < -0.4 is 4.52 Å². The average molecular weight is 226 g/mol. The van der Waals surface area contributed by atoms with Crippen LogP contribution in [-0.4, -0.2) is 4.98 Å². The van der Waals surface area contributed by atoms with Gasteiger partial charge in [0.05, 0.1) is 0 Å². The first-order valence-electron chi connectivity index (χ1n) is 3.09. The van der Waals surface area contributed by atoms with Gasteiger partial charge in [0.15, 0.2) is 0 Å². The first-order chi connectivity index (χ1) is 5.47. The van der Waals surface area contributed by atoms with E-state index in [0.717, 1.165) is 5.56 Å². The quantitative estimate of drug-likeness (QED) is 0.725. The molecule has 1 heterocycles. The van der Waals surface area contributed by atoms with Crippen molar-refractivity contribution in [2.45, 2.75) is 6.92 Å². The van der Waals surface area contributed by atoms with Crippen molar-refractivity contribution in [2.75, 3.05) is 0 Å². The van der Waals surface area contributed by atoms with Crippen LogP contribution in [-0.2, 0) is 4.57 Å². The fraction of sp³-hybridized carbons (Fsp3) is 0.167. The molecule has 1 rings (SSSR count). The standard InChI is InChI=1S/C6H6Cl2NO2P/c1-5-2-3-6(9-4-5)11-12(7,8)10/h2-4H,1H3. The molecule has 1 aromatic heterocycles. The van der Waals surface area contributed by atoms with Gasteiger partial charge in [0.2, 0.25) is 5.88 Å². The highest BCUT2D eigenvalue weighted by Gasteiger charge is 2.16. The highest BCUT2D eigenvalue weighted by molar-refractivity contribution is 8.05. The SMILES string of the molecule is Cc1ccc(OP(=O)(Cl)Cl)nc1. The van der Waals surface area contributed by atoms with Gasteiger partial charge in [-0.05, 0) is 12.5 Å². The van der Waals surface area contributed by atoms with E-state index < -0.39 is 6.07 Å². The largest absolute Gasteiger partial charge is 0.429 e. The maximum Gasteiger partial charge on any atom is 0.429 e. The number of rotatable bonds is 2. The van der Waals surface area contributed by atoms with Gasteiger partial charge in [0.1, 0.15) is 0 Å². The van der Waals surface area contributed by atoms with Gasteiger partial charge >= 0.3 is 6.07 Å². The van der Waals surface area contributed by atoms with Gasteiger partial charge in [-0.2, -0.15) is 0 Å². The smallest absolute Gasteiger partial charge is 0.404 e. The normalized spacial score (nSPS) is 11.2. The summed E-state index contributed by atoms with van der Waals surface area (Å²) < 4.78 is 15.4. The molecule has 0 radical (unpaired) electrons. The van der Waals surface area contributed by atoms with Gasteiger partial charge in [0.25, 0.3) is 0 Å². The number of hydrogen-bond donors (Lipinski definition) is 0. The summed E-state index contributed by atoms with van der Waals surface area (Å²) in [4.78, 5) is 3.80. The summed E-state index contributed by atoms with van der Waals surface area (Å²) >= 11 is 10.3. The predicted molar refractivity (Wildman–Crippen MR) is 48.9 cm³/mol. The van der Waals surface area contributed by atoms with Crippen LogP contribution in [0.5, 0.6) is 5.88 Å². The van der Waals surface area contributed by atoms with Crippen LogP contribution >= 0.6 is 28.6 Å². The van der Waals surface area contributed by atoms with E-state index in [-0.39, 0.29) is 5.88 Å². The Labute approximate surface area is 79.7 Å². The molecule has 0 amide bonds. The van der Waals surface area contributed by atoms with E-state index in [1.54, 1.807) is 18.3 Å². The van der Waals surface area contributed by atoms with E-state index in [1.807, 2.05) is 6.92 Å². The molecule has 0 unspecified atom stereocenters. The molecule has 6 heteroatoms. The molecule has 3 nitrogen and oxygen atoms in total. The van der Waals surface area contributed by atoms with Gasteiger partial charge < -0.3 is 4.52 Å². The first-order valence-corrected chi connectivity index (χ1v) is 6.52. The Bertz CT molecular complexity index is 308. The number of aryl methyl sites for hydroxylation is 1. The van der Waals surface area contributed by atoms with E-state index in [2.05, 4.69) is 9.51 Å². The summed E-state index contributed by atoms with van der Waals surface area (Å²) in [5, 5.41) is 0. The van der Waals surface area contributed by atoms with Crippen molar-refractivity contribution in [1.29, 1.82) is 0 Å². The molecule has 0 saturated carbocycles. The lowest BCUT2D eigenvalue weighted by atomic mass is 10.3. The molecule has 0 spiro atoms. The number of pyridine rings is 1. The molecule has 0 aliphatic carbocycles. The number of nitrogens with zero attached hydrogens (tertiary/aromatic N) is 1. The Hall–Kier alpha value is -0.240. The summed E-state index contributed by atoms with van der Waals surface area (Å²) in [7, 11) is 0. The monoisotopic (exact) mass is 225 g/mol. The maximum absolute atomic E-state index is 10.7. The third kappa shape index (κ3) is 3.44. The molecular weight excluding hydrogens is 220 g/mol. The Morgan fingerprint density at radius 2 is 2.17 bits per heavy atom. The minimum absolute atomic E-state index is 0.161. The van der Waals surface area contributed by atoms with Gasteiger partial charge in [0, 0.05) is 34.7 Å². The lowest BCUT2D eigenvalue weighted by molar-refractivity contribution is 0.503.